The Hall–Kier alpha value is -1.63. The van der Waals surface area contributed by atoms with Crippen LogP contribution in [-0.2, 0) is 11.2 Å². The Kier molecular flexibility index (Phi) is 9.22. The van der Waals surface area contributed by atoms with Crippen LogP contribution >= 0.6 is 24.8 Å². The lowest BCUT2D eigenvalue weighted by molar-refractivity contribution is -0.133. The number of carbonyl (C=O) groups is 1. The topological polar surface area (TPSA) is 72.4 Å². The van der Waals surface area contributed by atoms with Gasteiger partial charge in [0.25, 0.3) is 0 Å². The number of aryl methyl sites for hydroxylation is 1. The average Bonchev–Trinajstić information content (AvgIpc) is 3.09. The van der Waals surface area contributed by atoms with Gasteiger partial charge in [-0.1, -0.05) is 12.1 Å². The second-order valence-corrected chi connectivity index (χ2v) is 6.70. The summed E-state index contributed by atoms with van der Waals surface area (Å²) in [6, 6.07) is 6.50. The summed E-state index contributed by atoms with van der Waals surface area (Å²) in [5.74, 6) is 0.947. The number of benzene rings is 1. The molecular weight excluding hydrogens is 392 g/mol. The summed E-state index contributed by atoms with van der Waals surface area (Å²) in [5, 5.41) is 0. The number of halogens is 3. The van der Waals surface area contributed by atoms with Gasteiger partial charge in [-0.3, -0.25) is 4.79 Å². The maximum absolute atomic E-state index is 13.8. The largest absolute Gasteiger partial charge is 0.441 e. The zero-order valence-corrected chi connectivity index (χ0v) is 16.9. The minimum Gasteiger partial charge on any atom is -0.441 e. The Labute approximate surface area is 171 Å². The maximum Gasteiger partial charge on any atom is 0.223 e. The summed E-state index contributed by atoms with van der Waals surface area (Å²) < 4.78 is 19.4. The van der Waals surface area contributed by atoms with Crippen LogP contribution in [0.4, 0.5) is 4.39 Å². The van der Waals surface area contributed by atoms with Crippen LogP contribution in [0.5, 0.6) is 0 Å². The highest BCUT2D eigenvalue weighted by Crippen LogP contribution is 2.24. The number of hydrogen-bond acceptors (Lipinski definition) is 4. The highest BCUT2D eigenvalue weighted by molar-refractivity contribution is 5.85. The Balaban J connectivity index is 0.00000182. The van der Waals surface area contributed by atoms with E-state index in [2.05, 4.69) is 4.98 Å². The maximum atomic E-state index is 13.8. The molecule has 0 bridgehead atoms. The first-order chi connectivity index (χ1) is 12.0. The van der Waals surface area contributed by atoms with Crippen molar-refractivity contribution in [1.29, 1.82) is 0 Å². The fourth-order valence-corrected chi connectivity index (χ4v) is 3.25. The molecule has 5 nitrogen and oxygen atoms in total. The standard InChI is InChI=1S/C19H24FN3O2.2ClH/c1-13(21)14-5-4-10-23(12-14)19(24)9-8-18-22-11-17(25-18)15-6-2-3-7-16(15)20;;/h2-3,6-7,11,13-14H,4-5,8-10,12,21H2,1H3;2*1H. The van der Waals surface area contributed by atoms with E-state index in [4.69, 9.17) is 10.2 Å². The molecule has 1 aliphatic heterocycles. The number of likely N-dealkylation sites (tertiary alicyclic amines) is 1. The van der Waals surface area contributed by atoms with Gasteiger partial charge in [0.1, 0.15) is 5.82 Å². The molecule has 0 spiro atoms. The van der Waals surface area contributed by atoms with E-state index in [-0.39, 0.29) is 42.6 Å². The minimum absolute atomic E-state index is 0. The number of oxazole rings is 1. The van der Waals surface area contributed by atoms with Gasteiger partial charge in [-0.05, 0) is 37.8 Å². The number of rotatable bonds is 5. The Morgan fingerprint density at radius 1 is 1.41 bits per heavy atom. The number of amides is 1. The highest BCUT2D eigenvalue weighted by Gasteiger charge is 2.25. The van der Waals surface area contributed by atoms with Gasteiger partial charge in [0.05, 0.1) is 11.8 Å². The Morgan fingerprint density at radius 3 is 2.85 bits per heavy atom. The predicted octanol–water partition coefficient (Wildman–Crippen LogP) is 3.84. The zero-order chi connectivity index (χ0) is 17.8. The molecule has 1 fully saturated rings. The van der Waals surface area contributed by atoms with Crippen molar-refractivity contribution in [2.45, 2.75) is 38.6 Å². The van der Waals surface area contributed by atoms with E-state index in [1.807, 2.05) is 11.8 Å². The van der Waals surface area contributed by atoms with E-state index in [1.54, 1.807) is 18.2 Å². The van der Waals surface area contributed by atoms with Crippen LogP contribution in [-0.4, -0.2) is 34.9 Å². The van der Waals surface area contributed by atoms with Crippen molar-refractivity contribution in [3.8, 4) is 11.3 Å². The third-order valence-corrected chi connectivity index (χ3v) is 4.80. The zero-order valence-electron chi connectivity index (χ0n) is 15.3. The van der Waals surface area contributed by atoms with Crippen molar-refractivity contribution in [2.75, 3.05) is 13.1 Å². The molecule has 2 aromatic rings. The Bertz CT molecular complexity index is 739. The molecule has 27 heavy (non-hydrogen) atoms. The first-order valence-corrected chi connectivity index (χ1v) is 8.77. The normalized spacial score (nSPS) is 17.6. The van der Waals surface area contributed by atoms with Crippen molar-refractivity contribution >= 4 is 30.7 Å². The molecule has 2 atom stereocenters. The summed E-state index contributed by atoms with van der Waals surface area (Å²) in [6.45, 7) is 3.51. The van der Waals surface area contributed by atoms with Gasteiger partial charge in [0.2, 0.25) is 5.91 Å². The van der Waals surface area contributed by atoms with E-state index in [1.165, 1.54) is 12.3 Å². The molecule has 1 amide bonds. The fourth-order valence-electron chi connectivity index (χ4n) is 3.25. The van der Waals surface area contributed by atoms with Gasteiger partial charge in [-0.15, -0.1) is 24.8 Å². The lowest BCUT2D eigenvalue weighted by Crippen LogP contribution is -2.45. The molecule has 1 aliphatic rings. The summed E-state index contributed by atoms with van der Waals surface area (Å²) >= 11 is 0. The number of nitrogens with zero attached hydrogens (tertiary/aromatic N) is 2. The van der Waals surface area contributed by atoms with E-state index in [9.17, 15) is 9.18 Å². The third-order valence-electron chi connectivity index (χ3n) is 4.80. The predicted molar refractivity (Wildman–Crippen MR) is 108 cm³/mol. The van der Waals surface area contributed by atoms with Crippen LogP contribution in [0, 0.1) is 11.7 Å². The lowest BCUT2D eigenvalue weighted by atomic mass is 9.92. The molecular formula is C19H26Cl2FN3O2. The lowest BCUT2D eigenvalue weighted by Gasteiger charge is -2.34. The molecule has 150 valence electrons. The molecule has 0 aliphatic carbocycles. The smallest absolute Gasteiger partial charge is 0.223 e. The van der Waals surface area contributed by atoms with Gasteiger partial charge in [0, 0.05) is 32.0 Å². The monoisotopic (exact) mass is 417 g/mol. The van der Waals surface area contributed by atoms with Gasteiger partial charge in [0.15, 0.2) is 11.7 Å². The van der Waals surface area contributed by atoms with Gasteiger partial charge in [-0.25, -0.2) is 9.37 Å². The number of carbonyl (C=O) groups excluding carboxylic acids is 1. The second kappa shape index (κ2) is 10.6. The molecule has 0 saturated carbocycles. The highest BCUT2D eigenvalue weighted by atomic mass is 35.5. The van der Waals surface area contributed by atoms with Crippen LogP contribution in [0.1, 0.15) is 32.1 Å². The van der Waals surface area contributed by atoms with Crippen LogP contribution in [0.3, 0.4) is 0 Å². The van der Waals surface area contributed by atoms with Crippen molar-refractivity contribution in [3.05, 3.63) is 42.2 Å². The SMILES string of the molecule is CC(N)C1CCCN(C(=O)CCc2ncc(-c3ccccc3F)o2)C1.Cl.Cl. The molecule has 3 rings (SSSR count). The quantitative estimate of drug-likeness (QED) is 0.801. The molecule has 1 saturated heterocycles. The fraction of sp³-hybridized carbons (Fsp3) is 0.474. The van der Waals surface area contributed by atoms with Gasteiger partial charge < -0.3 is 15.1 Å². The summed E-state index contributed by atoms with van der Waals surface area (Å²) in [4.78, 5) is 18.5. The first kappa shape index (κ1) is 23.4. The number of piperidine rings is 1. The molecule has 8 heteroatoms. The average molecular weight is 418 g/mol. The number of aromatic nitrogens is 1. The van der Waals surface area contributed by atoms with E-state index in [0.717, 1.165) is 25.9 Å². The summed E-state index contributed by atoms with van der Waals surface area (Å²) in [7, 11) is 0. The van der Waals surface area contributed by atoms with Crippen molar-refractivity contribution in [2.24, 2.45) is 11.7 Å². The molecule has 2 heterocycles. The number of hydrogen-bond donors (Lipinski definition) is 1. The Morgan fingerprint density at radius 2 is 2.15 bits per heavy atom. The van der Waals surface area contributed by atoms with E-state index in [0.29, 0.717) is 36.0 Å². The van der Waals surface area contributed by atoms with Crippen molar-refractivity contribution in [3.63, 3.8) is 0 Å². The minimum atomic E-state index is -0.350. The second-order valence-electron chi connectivity index (χ2n) is 6.70. The van der Waals surface area contributed by atoms with Crippen LogP contribution in [0.2, 0.25) is 0 Å². The molecule has 1 aromatic carbocycles. The summed E-state index contributed by atoms with van der Waals surface area (Å²) in [6.07, 6.45) is 4.32. The molecule has 2 unspecified atom stereocenters. The van der Waals surface area contributed by atoms with Crippen LogP contribution in [0.25, 0.3) is 11.3 Å². The molecule has 2 N–H and O–H groups in total. The van der Waals surface area contributed by atoms with Gasteiger partial charge in [-0.2, -0.15) is 0 Å². The first-order valence-electron chi connectivity index (χ1n) is 8.77. The van der Waals surface area contributed by atoms with Crippen molar-refractivity contribution in [1.82, 2.24) is 9.88 Å². The van der Waals surface area contributed by atoms with Crippen molar-refractivity contribution < 1.29 is 13.6 Å². The van der Waals surface area contributed by atoms with Gasteiger partial charge >= 0.3 is 0 Å². The van der Waals surface area contributed by atoms with Crippen LogP contribution < -0.4 is 5.73 Å². The molecule has 1 aromatic heterocycles. The van der Waals surface area contributed by atoms with Crippen LogP contribution in [0.15, 0.2) is 34.9 Å². The third kappa shape index (κ3) is 5.92. The van der Waals surface area contributed by atoms with E-state index >= 15 is 0 Å². The number of nitrogens with two attached hydrogens (primary N) is 1. The summed E-state index contributed by atoms with van der Waals surface area (Å²) in [5.41, 5.74) is 6.35. The van der Waals surface area contributed by atoms with E-state index < -0.39 is 0 Å². The molecule has 0 radical (unpaired) electrons.